The summed E-state index contributed by atoms with van der Waals surface area (Å²) in [5, 5.41) is 9.62. The van der Waals surface area contributed by atoms with Crippen LogP contribution in [0.3, 0.4) is 0 Å². The van der Waals surface area contributed by atoms with Gasteiger partial charge in [-0.3, -0.25) is 4.79 Å². The van der Waals surface area contributed by atoms with Crippen molar-refractivity contribution < 1.29 is 14.6 Å². The molecule has 0 aliphatic carbocycles. The molecule has 1 N–H and O–H groups in total. The Morgan fingerprint density at radius 1 is 1.12 bits per heavy atom. The molecule has 0 spiro atoms. The van der Waals surface area contributed by atoms with E-state index in [9.17, 15) is 9.90 Å². The number of unbranched alkanes of at least 4 members (excludes halogenated alkanes) is 3. The second kappa shape index (κ2) is 10.9. The summed E-state index contributed by atoms with van der Waals surface area (Å²) in [6.45, 7) is 4.63. The molecule has 0 saturated carbocycles. The quantitative estimate of drug-likeness (QED) is 0.463. The predicted molar refractivity (Wildman–Crippen MR) is 65.2 cm³/mol. The van der Waals surface area contributed by atoms with Crippen LogP contribution in [0, 0.1) is 0 Å². The van der Waals surface area contributed by atoms with Crippen LogP contribution >= 0.6 is 0 Å². The first-order valence-electron chi connectivity index (χ1n) is 6.54. The van der Waals surface area contributed by atoms with Gasteiger partial charge in [0.05, 0.1) is 12.7 Å². The predicted octanol–water partition coefficient (Wildman–Crippen LogP) is 3.05. The van der Waals surface area contributed by atoms with Crippen LogP contribution in [0.25, 0.3) is 0 Å². The lowest BCUT2D eigenvalue weighted by molar-refractivity contribution is -0.144. The van der Waals surface area contributed by atoms with Crippen molar-refractivity contribution in [3.05, 3.63) is 0 Å². The Balaban J connectivity index is 3.34. The van der Waals surface area contributed by atoms with E-state index in [1.165, 1.54) is 19.3 Å². The van der Waals surface area contributed by atoms with E-state index in [0.717, 1.165) is 19.3 Å². The molecular weight excluding hydrogens is 204 g/mol. The molecule has 0 aromatic rings. The second-order valence-electron chi connectivity index (χ2n) is 4.26. The highest BCUT2D eigenvalue weighted by molar-refractivity contribution is 5.69. The Labute approximate surface area is 99.2 Å². The standard InChI is InChI=1S/C13H26O3/c1-3-5-6-7-8-12(14)9-10-13(15)16-11-4-2/h12,14H,3-11H2,1-2H3. The van der Waals surface area contributed by atoms with Crippen LogP contribution in [0.15, 0.2) is 0 Å². The average Bonchev–Trinajstić information content (AvgIpc) is 2.29. The van der Waals surface area contributed by atoms with Gasteiger partial charge in [-0.2, -0.15) is 0 Å². The van der Waals surface area contributed by atoms with Crippen LogP contribution in [0.5, 0.6) is 0 Å². The molecule has 1 unspecified atom stereocenters. The van der Waals surface area contributed by atoms with Crippen molar-refractivity contribution in [3.63, 3.8) is 0 Å². The SMILES string of the molecule is CCCCCCC(O)CCC(=O)OCCC. The summed E-state index contributed by atoms with van der Waals surface area (Å²) in [5.74, 6) is -0.186. The summed E-state index contributed by atoms with van der Waals surface area (Å²) in [6, 6.07) is 0. The Morgan fingerprint density at radius 2 is 1.88 bits per heavy atom. The average molecular weight is 230 g/mol. The lowest BCUT2D eigenvalue weighted by Crippen LogP contribution is -2.12. The summed E-state index contributed by atoms with van der Waals surface area (Å²) in [4.78, 5) is 11.1. The monoisotopic (exact) mass is 230 g/mol. The van der Waals surface area contributed by atoms with Crippen molar-refractivity contribution in [2.24, 2.45) is 0 Å². The molecule has 16 heavy (non-hydrogen) atoms. The number of esters is 1. The van der Waals surface area contributed by atoms with Gasteiger partial charge in [0.25, 0.3) is 0 Å². The van der Waals surface area contributed by atoms with E-state index in [1.807, 2.05) is 6.92 Å². The van der Waals surface area contributed by atoms with Gasteiger partial charge in [-0.15, -0.1) is 0 Å². The minimum atomic E-state index is -0.342. The molecule has 3 nitrogen and oxygen atoms in total. The molecule has 0 amide bonds. The maximum atomic E-state index is 11.1. The van der Waals surface area contributed by atoms with E-state index >= 15 is 0 Å². The fourth-order valence-corrected chi connectivity index (χ4v) is 1.52. The van der Waals surface area contributed by atoms with E-state index in [0.29, 0.717) is 19.4 Å². The van der Waals surface area contributed by atoms with Gasteiger partial charge in [0, 0.05) is 6.42 Å². The first-order chi connectivity index (χ1) is 7.70. The maximum Gasteiger partial charge on any atom is 0.305 e. The number of hydrogen-bond acceptors (Lipinski definition) is 3. The summed E-state index contributed by atoms with van der Waals surface area (Å²) < 4.78 is 4.93. The first kappa shape index (κ1) is 15.4. The molecule has 0 aromatic carbocycles. The highest BCUT2D eigenvalue weighted by Crippen LogP contribution is 2.09. The number of aliphatic hydroxyl groups excluding tert-OH is 1. The molecule has 3 heteroatoms. The largest absolute Gasteiger partial charge is 0.466 e. The molecular formula is C13H26O3. The zero-order valence-electron chi connectivity index (χ0n) is 10.7. The van der Waals surface area contributed by atoms with E-state index in [-0.39, 0.29) is 12.1 Å². The van der Waals surface area contributed by atoms with Crippen LogP contribution < -0.4 is 0 Å². The summed E-state index contributed by atoms with van der Waals surface area (Å²) in [5.41, 5.74) is 0. The topological polar surface area (TPSA) is 46.5 Å². The van der Waals surface area contributed by atoms with E-state index in [4.69, 9.17) is 4.74 Å². The van der Waals surface area contributed by atoms with Crippen LogP contribution in [-0.2, 0) is 9.53 Å². The Kier molecular flexibility index (Phi) is 10.5. The smallest absolute Gasteiger partial charge is 0.305 e. The van der Waals surface area contributed by atoms with E-state index in [1.54, 1.807) is 0 Å². The zero-order valence-corrected chi connectivity index (χ0v) is 10.7. The first-order valence-corrected chi connectivity index (χ1v) is 6.54. The van der Waals surface area contributed by atoms with Gasteiger partial charge in [0.15, 0.2) is 0 Å². The van der Waals surface area contributed by atoms with E-state index < -0.39 is 0 Å². The Morgan fingerprint density at radius 3 is 2.50 bits per heavy atom. The number of ether oxygens (including phenoxy) is 1. The molecule has 0 aromatic heterocycles. The highest BCUT2D eigenvalue weighted by Gasteiger charge is 2.08. The lowest BCUT2D eigenvalue weighted by atomic mass is 10.1. The normalized spacial score (nSPS) is 12.4. The molecule has 0 bridgehead atoms. The molecule has 96 valence electrons. The minimum Gasteiger partial charge on any atom is -0.466 e. The van der Waals surface area contributed by atoms with Gasteiger partial charge in [0.2, 0.25) is 0 Å². The number of hydrogen-bond donors (Lipinski definition) is 1. The van der Waals surface area contributed by atoms with Crippen LogP contribution in [-0.4, -0.2) is 23.8 Å². The van der Waals surface area contributed by atoms with Crippen LogP contribution in [0.4, 0.5) is 0 Å². The Bertz CT molecular complexity index is 169. The molecule has 0 aliphatic rings. The lowest BCUT2D eigenvalue weighted by Gasteiger charge is -2.09. The summed E-state index contributed by atoms with van der Waals surface area (Å²) in [7, 11) is 0. The summed E-state index contributed by atoms with van der Waals surface area (Å²) >= 11 is 0. The summed E-state index contributed by atoms with van der Waals surface area (Å²) in [6.07, 6.45) is 6.86. The molecule has 0 heterocycles. The molecule has 0 radical (unpaired) electrons. The maximum absolute atomic E-state index is 11.1. The van der Waals surface area contributed by atoms with E-state index in [2.05, 4.69) is 6.92 Å². The number of carbonyl (C=O) groups excluding carboxylic acids is 1. The van der Waals surface area contributed by atoms with Crippen molar-refractivity contribution in [3.8, 4) is 0 Å². The third-order valence-electron chi connectivity index (χ3n) is 2.54. The fourth-order valence-electron chi connectivity index (χ4n) is 1.52. The molecule has 1 atom stereocenters. The van der Waals surface area contributed by atoms with Gasteiger partial charge in [-0.25, -0.2) is 0 Å². The van der Waals surface area contributed by atoms with Gasteiger partial charge in [-0.05, 0) is 19.3 Å². The third-order valence-corrected chi connectivity index (χ3v) is 2.54. The third kappa shape index (κ3) is 9.97. The molecule has 0 saturated heterocycles. The van der Waals surface area contributed by atoms with Crippen molar-refractivity contribution >= 4 is 5.97 Å². The highest BCUT2D eigenvalue weighted by atomic mass is 16.5. The number of aliphatic hydroxyl groups is 1. The second-order valence-corrected chi connectivity index (χ2v) is 4.26. The minimum absolute atomic E-state index is 0.186. The van der Waals surface area contributed by atoms with Crippen LogP contribution in [0.1, 0.15) is 65.2 Å². The van der Waals surface area contributed by atoms with Crippen molar-refractivity contribution in [2.45, 2.75) is 71.3 Å². The number of carbonyl (C=O) groups is 1. The van der Waals surface area contributed by atoms with Crippen molar-refractivity contribution in [1.82, 2.24) is 0 Å². The van der Waals surface area contributed by atoms with Gasteiger partial charge < -0.3 is 9.84 Å². The van der Waals surface area contributed by atoms with Crippen molar-refractivity contribution in [2.75, 3.05) is 6.61 Å². The molecule has 0 fully saturated rings. The van der Waals surface area contributed by atoms with Gasteiger partial charge in [0.1, 0.15) is 0 Å². The van der Waals surface area contributed by atoms with Gasteiger partial charge >= 0.3 is 5.97 Å². The zero-order chi connectivity index (χ0) is 12.2. The molecule has 0 rings (SSSR count). The fraction of sp³-hybridized carbons (Fsp3) is 0.923. The molecule has 0 aliphatic heterocycles. The van der Waals surface area contributed by atoms with Gasteiger partial charge in [-0.1, -0.05) is 39.5 Å². The van der Waals surface area contributed by atoms with Crippen LogP contribution in [0.2, 0.25) is 0 Å². The number of rotatable bonds is 10. The van der Waals surface area contributed by atoms with Crippen molar-refractivity contribution in [1.29, 1.82) is 0 Å². The Hall–Kier alpha value is -0.570.